The number of hydrogen-bond acceptors (Lipinski definition) is 4. The van der Waals surface area contributed by atoms with Gasteiger partial charge in [-0.2, -0.15) is 0 Å². The van der Waals surface area contributed by atoms with Crippen LogP contribution in [-0.2, 0) is 4.79 Å². The van der Waals surface area contributed by atoms with E-state index in [9.17, 15) is 4.79 Å². The van der Waals surface area contributed by atoms with Gasteiger partial charge in [-0.05, 0) is 70.0 Å². The molecule has 1 unspecified atom stereocenters. The zero-order valence-corrected chi connectivity index (χ0v) is 13.5. The topological polar surface area (TPSA) is 67.6 Å². The van der Waals surface area contributed by atoms with Gasteiger partial charge < -0.3 is 15.8 Å². The van der Waals surface area contributed by atoms with Crippen molar-refractivity contribution in [3.05, 3.63) is 24.3 Å². The maximum atomic E-state index is 12.1. The molecule has 1 heterocycles. The Hall–Kier alpha value is -1.59. The molecule has 0 saturated carbocycles. The molecule has 5 heteroatoms. The fraction of sp³-hybridized carbons (Fsp3) is 0.588. The van der Waals surface area contributed by atoms with Crippen LogP contribution in [0, 0.1) is 5.92 Å². The Morgan fingerprint density at radius 2 is 2.00 bits per heavy atom. The number of carbonyl (C=O) groups excluding carboxylic acids is 1. The lowest BCUT2D eigenvalue weighted by Gasteiger charge is -2.33. The van der Waals surface area contributed by atoms with Crippen molar-refractivity contribution in [2.75, 3.05) is 31.6 Å². The highest BCUT2D eigenvalue weighted by molar-refractivity contribution is 5.92. The Labute approximate surface area is 132 Å². The van der Waals surface area contributed by atoms with E-state index in [0.29, 0.717) is 19.1 Å². The molecule has 1 atom stereocenters. The third-order valence-corrected chi connectivity index (χ3v) is 4.19. The van der Waals surface area contributed by atoms with Gasteiger partial charge in [-0.3, -0.25) is 9.69 Å². The number of nitrogens with one attached hydrogen (secondary N) is 1. The summed E-state index contributed by atoms with van der Waals surface area (Å²) < 4.78 is 5.39. The lowest BCUT2D eigenvalue weighted by Crippen LogP contribution is -2.42. The molecule has 0 aromatic heterocycles. The predicted octanol–water partition coefficient (Wildman–Crippen LogP) is 2.08. The zero-order valence-electron chi connectivity index (χ0n) is 13.5. The smallest absolute Gasteiger partial charge is 0.238 e. The Balaban J connectivity index is 1.76. The Bertz CT molecular complexity index is 465. The van der Waals surface area contributed by atoms with Crippen molar-refractivity contribution in [3.8, 4) is 5.75 Å². The van der Waals surface area contributed by atoms with Crippen LogP contribution in [0.4, 0.5) is 5.69 Å². The quantitative estimate of drug-likeness (QED) is 0.844. The van der Waals surface area contributed by atoms with Crippen LogP contribution in [0.3, 0.4) is 0 Å². The second kappa shape index (κ2) is 8.15. The minimum absolute atomic E-state index is 0.0309. The molecule has 5 nitrogen and oxygen atoms in total. The summed E-state index contributed by atoms with van der Waals surface area (Å²) in [5.41, 5.74) is 6.75. The molecule has 1 aromatic carbocycles. The molecule has 1 aliphatic rings. The molecule has 22 heavy (non-hydrogen) atoms. The van der Waals surface area contributed by atoms with Crippen molar-refractivity contribution >= 4 is 11.6 Å². The summed E-state index contributed by atoms with van der Waals surface area (Å²) in [5, 5.41) is 2.93. The van der Waals surface area contributed by atoms with Crippen molar-refractivity contribution in [1.29, 1.82) is 0 Å². The normalized spacial score (nSPS) is 18.0. The summed E-state index contributed by atoms with van der Waals surface area (Å²) >= 11 is 0. The maximum absolute atomic E-state index is 12.1. The second-order valence-corrected chi connectivity index (χ2v) is 5.98. The number of likely N-dealkylation sites (tertiary alicyclic amines) is 1. The zero-order chi connectivity index (χ0) is 15.9. The number of ether oxygens (including phenoxy) is 1. The first kappa shape index (κ1) is 16.8. The monoisotopic (exact) mass is 305 g/mol. The first-order valence-electron chi connectivity index (χ1n) is 8.09. The summed E-state index contributed by atoms with van der Waals surface area (Å²) in [6, 6.07) is 7.72. The number of anilines is 1. The number of piperidine rings is 1. The fourth-order valence-electron chi connectivity index (χ4n) is 2.84. The van der Waals surface area contributed by atoms with Gasteiger partial charge in [0.05, 0.1) is 13.2 Å². The largest absolute Gasteiger partial charge is 0.494 e. The van der Waals surface area contributed by atoms with Crippen molar-refractivity contribution in [2.24, 2.45) is 11.7 Å². The van der Waals surface area contributed by atoms with Crippen LogP contribution in [0.5, 0.6) is 5.75 Å². The Morgan fingerprint density at radius 3 is 2.55 bits per heavy atom. The highest BCUT2D eigenvalue weighted by atomic mass is 16.5. The molecule has 0 aliphatic carbocycles. The van der Waals surface area contributed by atoms with Gasteiger partial charge in [0.25, 0.3) is 0 Å². The minimum atomic E-state index is 0.0309. The number of benzene rings is 1. The van der Waals surface area contributed by atoms with E-state index in [2.05, 4.69) is 17.1 Å². The molecule has 1 saturated heterocycles. The second-order valence-electron chi connectivity index (χ2n) is 5.98. The molecule has 0 bridgehead atoms. The van der Waals surface area contributed by atoms with E-state index in [1.165, 1.54) is 0 Å². The number of amides is 1. The third kappa shape index (κ3) is 5.00. The molecule has 0 radical (unpaired) electrons. The van der Waals surface area contributed by atoms with Crippen LogP contribution in [0.2, 0.25) is 0 Å². The lowest BCUT2D eigenvalue weighted by atomic mass is 9.91. The van der Waals surface area contributed by atoms with Crippen LogP contribution >= 0.6 is 0 Å². The highest BCUT2D eigenvalue weighted by Crippen LogP contribution is 2.19. The standard InChI is InChI=1S/C17H27N3O2/c1-3-22-16-6-4-15(5-7-16)19-17(21)12-20-10-8-14(9-11-20)13(2)18/h4-7,13-14H,3,8-12,18H2,1-2H3,(H,19,21). The number of rotatable bonds is 6. The Morgan fingerprint density at radius 1 is 1.36 bits per heavy atom. The molecule has 122 valence electrons. The lowest BCUT2D eigenvalue weighted by molar-refractivity contribution is -0.117. The molecule has 1 aromatic rings. The summed E-state index contributed by atoms with van der Waals surface area (Å²) in [4.78, 5) is 14.3. The summed E-state index contributed by atoms with van der Waals surface area (Å²) in [6.45, 7) is 7.00. The van der Waals surface area contributed by atoms with Crippen LogP contribution in [0.1, 0.15) is 26.7 Å². The van der Waals surface area contributed by atoms with Gasteiger partial charge in [0.15, 0.2) is 0 Å². The number of hydrogen-bond donors (Lipinski definition) is 2. The van der Waals surface area contributed by atoms with Gasteiger partial charge in [0, 0.05) is 11.7 Å². The highest BCUT2D eigenvalue weighted by Gasteiger charge is 2.22. The molecule has 0 spiro atoms. The van der Waals surface area contributed by atoms with Crippen molar-refractivity contribution in [2.45, 2.75) is 32.7 Å². The molecule has 3 N–H and O–H groups in total. The molecule has 1 fully saturated rings. The molecular formula is C17H27N3O2. The summed E-state index contributed by atoms with van der Waals surface area (Å²) in [6.07, 6.45) is 2.15. The van der Waals surface area contributed by atoms with E-state index < -0.39 is 0 Å². The molecular weight excluding hydrogens is 278 g/mol. The van der Waals surface area contributed by atoms with E-state index in [4.69, 9.17) is 10.5 Å². The van der Waals surface area contributed by atoms with Crippen LogP contribution < -0.4 is 15.8 Å². The molecule has 2 rings (SSSR count). The van der Waals surface area contributed by atoms with E-state index in [-0.39, 0.29) is 11.9 Å². The van der Waals surface area contributed by atoms with E-state index in [1.54, 1.807) is 0 Å². The number of carbonyl (C=O) groups is 1. The van der Waals surface area contributed by atoms with Gasteiger partial charge in [-0.1, -0.05) is 0 Å². The first-order chi connectivity index (χ1) is 10.6. The van der Waals surface area contributed by atoms with Crippen LogP contribution in [0.25, 0.3) is 0 Å². The maximum Gasteiger partial charge on any atom is 0.238 e. The Kier molecular flexibility index (Phi) is 6.21. The fourth-order valence-corrected chi connectivity index (χ4v) is 2.84. The number of nitrogens with zero attached hydrogens (tertiary/aromatic N) is 1. The van der Waals surface area contributed by atoms with E-state index in [1.807, 2.05) is 31.2 Å². The van der Waals surface area contributed by atoms with Gasteiger partial charge in [-0.15, -0.1) is 0 Å². The molecule has 1 aliphatic heterocycles. The van der Waals surface area contributed by atoms with Gasteiger partial charge in [0.2, 0.25) is 5.91 Å². The van der Waals surface area contributed by atoms with Crippen LogP contribution in [0.15, 0.2) is 24.3 Å². The molecule has 1 amide bonds. The third-order valence-electron chi connectivity index (χ3n) is 4.19. The van der Waals surface area contributed by atoms with E-state index in [0.717, 1.165) is 37.4 Å². The van der Waals surface area contributed by atoms with Crippen molar-refractivity contribution < 1.29 is 9.53 Å². The van der Waals surface area contributed by atoms with E-state index >= 15 is 0 Å². The van der Waals surface area contributed by atoms with Crippen molar-refractivity contribution in [1.82, 2.24) is 4.90 Å². The van der Waals surface area contributed by atoms with Gasteiger partial charge >= 0.3 is 0 Å². The first-order valence-corrected chi connectivity index (χ1v) is 8.09. The average Bonchev–Trinajstić information content (AvgIpc) is 2.50. The summed E-state index contributed by atoms with van der Waals surface area (Å²) in [7, 11) is 0. The van der Waals surface area contributed by atoms with Crippen molar-refractivity contribution in [3.63, 3.8) is 0 Å². The predicted molar refractivity (Wildman–Crippen MR) is 89.1 cm³/mol. The number of nitrogens with two attached hydrogens (primary N) is 1. The van der Waals surface area contributed by atoms with Crippen LogP contribution in [-0.4, -0.2) is 43.1 Å². The summed E-state index contributed by atoms with van der Waals surface area (Å²) in [5.74, 6) is 1.44. The average molecular weight is 305 g/mol. The van der Waals surface area contributed by atoms with Gasteiger partial charge in [-0.25, -0.2) is 0 Å². The SMILES string of the molecule is CCOc1ccc(NC(=O)CN2CCC(C(C)N)CC2)cc1. The van der Waals surface area contributed by atoms with Gasteiger partial charge in [0.1, 0.15) is 5.75 Å². The minimum Gasteiger partial charge on any atom is -0.494 e.